The van der Waals surface area contributed by atoms with Gasteiger partial charge in [-0.25, -0.2) is 0 Å². The molecule has 0 aliphatic carbocycles. The van der Waals surface area contributed by atoms with E-state index in [1.165, 1.54) is 5.56 Å². The normalized spacial score (nSPS) is 14.0. The van der Waals surface area contributed by atoms with Gasteiger partial charge in [0.2, 0.25) is 0 Å². The first kappa shape index (κ1) is 24.4. The molecule has 0 unspecified atom stereocenters. The second kappa shape index (κ2) is 10.3. The van der Waals surface area contributed by atoms with Gasteiger partial charge in [-0.2, -0.15) is 0 Å². The molecule has 4 rings (SSSR count). The van der Waals surface area contributed by atoms with Crippen molar-refractivity contribution in [1.82, 2.24) is 4.90 Å². The molecule has 3 aromatic carbocycles. The first-order valence-electron chi connectivity index (χ1n) is 11.9. The van der Waals surface area contributed by atoms with Crippen LogP contribution in [0.1, 0.15) is 57.7 Å². The zero-order valence-electron chi connectivity index (χ0n) is 20.9. The summed E-state index contributed by atoms with van der Waals surface area (Å²) in [5, 5.41) is 0. The van der Waals surface area contributed by atoms with Crippen molar-refractivity contribution >= 4 is 17.4 Å². The summed E-state index contributed by atoms with van der Waals surface area (Å²) in [4.78, 5) is 32.9. The Morgan fingerprint density at radius 3 is 2.46 bits per heavy atom. The minimum absolute atomic E-state index is 0.0585. The number of hydrogen-bond donors (Lipinski definition) is 0. The fourth-order valence-electron chi connectivity index (χ4n) is 4.51. The predicted octanol–water partition coefficient (Wildman–Crippen LogP) is 5.41. The van der Waals surface area contributed by atoms with E-state index in [4.69, 9.17) is 9.73 Å². The van der Waals surface area contributed by atoms with Crippen LogP contribution in [0.4, 0.5) is 0 Å². The largest absolute Gasteiger partial charge is 0.497 e. The third kappa shape index (κ3) is 5.86. The Morgan fingerprint density at radius 1 is 0.971 bits per heavy atom. The summed E-state index contributed by atoms with van der Waals surface area (Å²) in [6, 6.07) is 23.1. The number of amides is 1. The standard InChI is InChI=1S/C30H32N2O3/c1-30(2)20-24-13-14-25(35-4)18-26(24)27(31-30)19-28(33)22-11-8-12-23(17-22)29(34)32(3)16-15-21-9-6-5-7-10-21/h5-14,17-18H,15-16,19-20H2,1-4H3. The Kier molecular flexibility index (Phi) is 7.15. The molecule has 0 N–H and O–H groups in total. The molecule has 180 valence electrons. The maximum atomic E-state index is 13.3. The molecular formula is C30H32N2O3. The lowest BCUT2D eigenvalue weighted by Crippen LogP contribution is -2.30. The van der Waals surface area contributed by atoms with Gasteiger partial charge in [0, 0.05) is 30.3 Å². The zero-order chi connectivity index (χ0) is 25.0. The SMILES string of the molecule is COc1ccc2c(c1)C(CC(=O)c1cccc(C(=O)N(C)CCc3ccccc3)c1)=NC(C)(C)C2. The molecule has 1 heterocycles. The molecule has 1 amide bonds. The Bertz CT molecular complexity index is 1260. The number of nitrogens with zero attached hydrogens (tertiary/aromatic N) is 2. The highest BCUT2D eigenvalue weighted by molar-refractivity contribution is 6.17. The van der Waals surface area contributed by atoms with Crippen LogP contribution in [-0.4, -0.2) is 48.5 Å². The van der Waals surface area contributed by atoms with E-state index in [2.05, 4.69) is 32.0 Å². The second-order valence-corrected chi connectivity index (χ2v) is 9.71. The number of carbonyl (C=O) groups is 2. The molecule has 0 radical (unpaired) electrons. The fourth-order valence-corrected chi connectivity index (χ4v) is 4.51. The van der Waals surface area contributed by atoms with Gasteiger partial charge >= 0.3 is 0 Å². The number of aliphatic imine (C=N–C) groups is 1. The van der Waals surface area contributed by atoms with E-state index in [9.17, 15) is 9.59 Å². The maximum absolute atomic E-state index is 13.3. The average molecular weight is 469 g/mol. The second-order valence-electron chi connectivity index (χ2n) is 9.71. The van der Waals surface area contributed by atoms with E-state index in [-0.39, 0.29) is 23.7 Å². The topological polar surface area (TPSA) is 59.0 Å². The number of hydrogen-bond acceptors (Lipinski definition) is 4. The summed E-state index contributed by atoms with van der Waals surface area (Å²) in [7, 11) is 3.43. The number of ketones is 1. The monoisotopic (exact) mass is 468 g/mol. The number of ether oxygens (including phenoxy) is 1. The number of fused-ring (bicyclic) bond motifs is 1. The van der Waals surface area contributed by atoms with Crippen molar-refractivity contribution in [3.63, 3.8) is 0 Å². The maximum Gasteiger partial charge on any atom is 0.253 e. The number of benzene rings is 3. The first-order valence-corrected chi connectivity index (χ1v) is 11.9. The molecule has 0 saturated carbocycles. The average Bonchev–Trinajstić information content (AvgIpc) is 2.86. The summed E-state index contributed by atoms with van der Waals surface area (Å²) in [6.45, 7) is 4.76. The Morgan fingerprint density at radius 2 is 1.71 bits per heavy atom. The van der Waals surface area contributed by atoms with Crippen LogP contribution in [-0.2, 0) is 12.8 Å². The fraction of sp³-hybridized carbons (Fsp3) is 0.300. The van der Waals surface area contributed by atoms with E-state index in [1.807, 2.05) is 30.3 Å². The highest BCUT2D eigenvalue weighted by Crippen LogP contribution is 2.31. The number of carbonyl (C=O) groups excluding carboxylic acids is 2. The van der Waals surface area contributed by atoms with Crippen molar-refractivity contribution in [1.29, 1.82) is 0 Å². The van der Waals surface area contributed by atoms with E-state index in [1.54, 1.807) is 43.3 Å². The predicted molar refractivity (Wildman–Crippen MR) is 140 cm³/mol. The molecule has 0 aromatic heterocycles. The van der Waals surface area contributed by atoms with Gasteiger partial charge in [0.1, 0.15) is 5.75 Å². The molecule has 3 aromatic rings. The Hall–Kier alpha value is -3.73. The van der Waals surface area contributed by atoms with Crippen LogP contribution < -0.4 is 4.74 Å². The molecule has 5 heteroatoms. The van der Waals surface area contributed by atoms with Crippen molar-refractivity contribution in [3.05, 3.63) is 101 Å². The Balaban J connectivity index is 1.50. The zero-order valence-corrected chi connectivity index (χ0v) is 20.9. The van der Waals surface area contributed by atoms with Gasteiger partial charge in [-0.1, -0.05) is 48.5 Å². The van der Waals surface area contributed by atoms with Crippen LogP contribution in [0.3, 0.4) is 0 Å². The van der Waals surface area contributed by atoms with Gasteiger partial charge in [-0.15, -0.1) is 0 Å². The van der Waals surface area contributed by atoms with Crippen LogP contribution in [0.2, 0.25) is 0 Å². The molecule has 35 heavy (non-hydrogen) atoms. The highest BCUT2D eigenvalue weighted by Gasteiger charge is 2.28. The summed E-state index contributed by atoms with van der Waals surface area (Å²) in [5.41, 5.74) is 4.82. The summed E-state index contributed by atoms with van der Waals surface area (Å²) in [6.07, 6.45) is 1.76. The van der Waals surface area contributed by atoms with E-state index in [0.717, 1.165) is 35.4 Å². The van der Waals surface area contributed by atoms with Gasteiger partial charge in [0.05, 0.1) is 24.8 Å². The highest BCUT2D eigenvalue weighted by atomic mass is 16.5. The Labute approximate surface area is 207 Å². The number of likely N-dealkylation sites (N-methyl/N-ethyl adjacent to an activating group) is 1. The lowest BCUT2D eigenvalue weighted by atomic mass is 9.85. The lowest BCUT2D eigenvalue weighted by Gasteiger charge is -2.29. The first-order chi connectivity index (χ1) is 16.8. The van der Waals surface area contributed by atoms with Crippen LogP contribution in [0, 0.1) is 0 Å². The van der Waals surface area contributed by atoms with Gasteiger partial charge in [0.15, 0.2) is 5.78 Å². The third-order valence-corrected chi connectivity index (χ3v) is 6.37. The van der Waals surface area contributed by atoms with E-state index in [0.29, 0.717) is 17.7 Å². The molecule has 1 aliphatic heterocycles. The van der Waals surface area contributed by atoms with Crippen LogP contribution in [0.25, 0.3) is 0 Å². The van der Waals surface area contributed by atoms with Crippen LogP contribution in [0.5, 0.6) is 5.75 Å². The molecular weight excluding hydrogens is 436 g/mol. The van der Waals surface area contributed by atoms with Crippen LogP contribution >= 0.6 is 0 Å². The number of methoxy groups -OCH3 is 1. The lowest BCUT2D eigenvalue weighted by molar-refractivity contribution is 0.0796. The molecule has 0 bridgehead atoms. The summed E-state index contributed by atoms with van der Waals surface area (Å²) < 4.78 is 5.40. The minimum atomic E-state index is -0.281. The van der Waals surface area contributed by atoms with Crippen molar-refractivity contribution < 1.29 is 14.3 Å². The van der Waals surface area contributed by atoms with Crippen molar-refractivity contribution in [3.8, 4) is 5.75 Å². The summed E-state index contributed by atoms with van der Waals surface area (Å²) >= 11 is 0. The van der Waals surface area contributed by atoms with Gasteiger partial charge in [-0.3, -0.25) is 14.6 Å². The molecule has 0 fully saturated rings. The quantitative estimate of drug-likeness (QED) is 0.416. The summed E-state index contributed by atoms with van der Waals surface area (Å²) in [5.74, 6) is 0.591. The third-order valence-electron chi connectivity index (χ3n) is 6.37. The van der Waals surface area contributed by atoms with Crippen LogP contribution in [0.15, 0.2) is 77.8 Å². The van der Waals surface area contributed by atoms with Crippen molar-refractivity contribution in [2.24, 2.45) is 4.99 Å². The van der Waals surface area contributed by atoms with Gasteiger partial charge in [-0.05, 0) is 62.1 Å². The number of rotatable bonds is 8. The van der Waals surface area contributed by atoms with Gasteiger partial charge in [0.25, 0.3) is 5.91 Å². The van der Waals surface area contributed by atoms with E-state index < -0.39 is 0 Å². The molecule has 0 spiro atoms. The minimum Gasteiger partial charge on any atom is -0.497 e. The smallest absolute Gasteiger partial charge is 0.253 e. The molecule has 1 aliphatic rings. The van der Waals surface area contributed by atoms with Crippen molar-refractivity contribution in [2.45, 2.75) is 38.6 Å². The van der Waals surface area contributed by atoms with E-state index >= 15 is 0 Å². The van der Waals surface area contributed by atoms with Crippen molar-refractivity contribution in [2.75, 3.05) is 20.7 Å². The molecule has 0 atom stereocenters. The molecule has 5 nitrogen and oxygen atoms in total. The number of Topliss-reactive ketones (excluding diaryl/α,β-unsaturated/α-hetero) is 1. The molecule has 0 saturated heterocycles. The van der Waals surface area contributed by atoms with Gasteiger partial charge < -0.3 is 9.64 Å².